The van der Waals surface area contributed by atoms with Crippen molar-refractivity contribution in [1.29, 1.82) is 0 Å². The number of hydrogen-bond acceptors (Lipinski definition) is 4. The van der Waals surface area contributed by atoms with E-state index in [1.165, 1.54) is 6.26 Å². The molecular formula is C13H22N4O2S. The number of aromatic nitrogens is 3. The van der Waals surface area contributed by atoms with Gasteiger partial charge in [-0.05, 0) is 25.2 Å². The third kappa shape index (κ3) is 2.61. The molecule has 1 fully saturated rings. The predicted molar refractivity (Wildman–Crippen MR) is 75.7 cm³/mol. The molecule has 20 heavy (non-hydrogen) atoms. The minimum Gasteiger partial charge on any atom is -0.247 e. The molecule has 0 aromatic carbocycles. The molecule has 0 spiro atoms. The molecule has 1 aliphatic carbocycles. The first kappa shape index (κ1) is 14.0. The van der Waals surface area contributed by atoms with Gasteiger partial charge in [0, 0.05) is 12.5 Å². The molecule has 1 aliphatic heterocycles. The van der Waals surface area contributed by atoms with Crippen LogP contribution in [0.1, 0.15) is 56.7 Å². The Morgan fingerprint density at radius 1 is 1.30 bits per heavy atom. The largest absolute Gasteiger partial charge is 0.247 e. The zero-order chi connectivity index (χ0) is 14.5. The fourth-order valence-corrected chi connectivity index (χ4v) is 3.90. The molecule has 0 N–H and O–H groups in total. The third-order valence-electron chi connectivity index (χ3n) is 3.96. The van der Waals surface area contributed by atoms with Gasteiger partial charge in [-0.1, -0.05) is 13.8 Å². The van der Waals surface area contributed by atoms with Gasteiger partial charge in [-0.2, -0.15) is 9.40 Å². The number of hydrogen-bond donors (Lipinski definition) is 0. The van der Waals surface area contributed by atoms with Crippen molar-refractivity contribution in [3.8, 4) is 0 Å². The molecule has 1 saturated carbocycles. The number of fused-ring (bicyclic) bond motifs is 1. The van der Waals surface area contributed by atoms with Crippen LogP contribution in [0.15, 0.2) is 0 Å². The highest BCUT2D eigenvalue weighted by Crippen LogP contribution is 2.40. The summed E-state index contributed by atoms with van der Waals surface area (Å²) in [5, 5.41) is 4.57. The maximum Gasteiger partial charge on any atom is 0.211 e. The summed E-state index contributed by atoms with van der Waals surface area (Å²) in [7, 11) is -3.21. The number of nitrogens with zero attached hydrogens (tertiary/aromatic N) is 4. The molecule has 0 bridgehead atoms. The maximum absolute atomic E-state index is 12.0. The molecular weight excluding hydrogens is 276 g/mol. The highest BCUT2D eigenvalue weighted by Gasteiger charge is 2.38. The standard InChI is InChI=1S/C13H22N4O2S/c1-9(2)8-11-13-14-12(10-4-5-10)15-16(13)6-7-17(11)20(3,18)19/h9-11H,4-8H2,1-3H3/t11-/m0/s1. The highest BCUT2D eigenvalue weighted by molar-refractivity contribution is 7.88. The van der Waals surface area contributed by atoms with Gasteiger partial charge < -0.3 is 0 Å². The van der Waals surface area contributed by atoms with Crippen LogP contribution in [-0.2, 0) is 16.6 Å². The SMILES string of the molecule is CC(C)C[C@H]1c2nc(C3CC3)nn2CCN1S(C)(=O)=O. The van der Waals surface area contributed by atoms with Crippen LogP contribution >= 0.6 is 0 Å². The molecule has 2 aliphatic rings. The van der Waals surface area contributed by atoms with Crippen molar-refractivity contribution < 1.29 is 8.42 Å². The van der Waals surface area contributed by atoms with Gasteiger partial charge in [-0.3, -0.25) is 0 Å². The Bertz CT molecular complexity index is 604. The van der Waals surface area contributed by atoms with Crippen LogP contribution in [0.5, 0.6) is 0 Å². The summed E-state index contributed by atoms with van der Waals surface area (Å²) >= 11 is 0. The van der Waals surface area contributed by atoms with Crippen molar-refractivity contribution in [2.75, 3.05) is 12.8 Å². The van der Waals surface area contributed by atoms with E-state index < -0.39 is 10.0 Å². The molecule has 0 amide bonds. The lowest BCUT2D eigenvalue weighted by atomic mass is 10.0. The lowest BCUT2D eigenvalue weighted by molar-refractivity contribution is 0.223. The quantitative estimate of drug-likeness (QED) is 0.845. The molecule has 7 heteroatoms. The van der Waals surface area contributed by atoms with Gasteiger partial charge in [0.25, 0.3) is 0 Å². The Balaban J connectivity index is 1.98. The molecule has 2 heterocycles. The average molecular weight is 298 g/mol. The fourth-order valence-electron chi connectivity index (χ4n) is 2.84. The summed E-state index contributed by atoms with van der Waals surface area (Å²) in [6.45, 7) is 5.32. The van der Waals surface area contributed by atoms with E-state index in [9.17, 15) is 8.42 Å². The third-order valence-corrected chi connectivity index (χ3v) is 5.25. The van der Waals surface area contributed by atoms with Crippen molar-refractivity contribution in [2.45, 2.75) is 51.6 Å². The fraction of sp³-hybridized carbons (Fsp3) is 0.846. The second kappa shape index (κ2) is 4.80. The van der Waals surface area contributed by atoms with Crippen LogP contribution in [0.3, 0.4) is 0 Å². The van der Waals surface area contributed by atoms with Crippen LogP contribution in [0.2, 0.25) is 0 Å². The molecule has 1 aromatic heterocycles. The normalized spacial score (nSPS) is 24.1. The minimum atomic E-state index is -3.21. The zero-order valence-electron chi connectivity index (χ0n) is 12.3. The van der Waals surface area contributed by atoms with Crippen molar-refractivity contribution in [3.63, 3.8) is 0 Å². The van der Waals surface area contributed by atoms with Crippen LogP contribution in [0, 0.1) is 5.92 Å². The molecule has 0 saturated heterocycles. The molecule has 0 radical (unpaired) electrons. The monoisotopic (exact) mass is 298 g/mol. The Labute approximate surface area is 120 Å². The van der Waals surface area contributed by atoms with E-state index in [4.69, 9.17) is 0 Å². The first-order chi connectivity index (χ1) is 9.36. The van der Waals surface area contributed by atoms with Gasteiger partial charge in [0.2, 0.25) is 10.0 Å². The van der Waals surface area contributed by atoms with Crippen molar-refractivity contribution in [1.82, 2.24) is 19.1 Å². The first-order valence-electron chi connectivity index (χ1n) is 7.27. The molecule has 6 nitrogen and oxygen atoms in total. The lowest BCUT2D eigenvalue weighted by Gasteiger charge is -2.34. The van der Waals surface area contributed by atoms with Crippen molar-refractivity contribution >= 4 is 10.0 Å². The topological polar surface area (TPSA) is 68.1 Å². The lowest BCUT2D eigenvalue weighted by Crippen LogP contribution is -2.42. The molecule has 112 valence electrons. The van der Waals surface area contributed by atoms with E-state index in [0.29, 0.717) is 24.9 Å². The second-order valence-electron chi connectivity index (χ2n) is 6.34. The van der Waals surface area contributed by atoms with Gasteiger partial charge in [0.05, 0.1) is 18.8 Å². The van der Waals surface area contributed by atoms with E-state index in [1.54, 1.807) is 4.31 Å². The van der Waals surface area contributed by atoms with Crippen LogP contribution in [0.25, 0.3) is 0 Å². The van der Waals surface area contributed by atoms with Crippen LogP contribution < -0.4 is 0 Å². The Morgan fingerprint density at radius 3 is 2.55 bits per heavy atom. The van der Waals surface area contributed by atoms with E-state index in [0.717, 1.165) is 30.9 Å². The Kier molecular flexibility index (Phi) is 3.36. The zero-order valence-corrected chi connectivity index (χ0v) is 13.1. The summed E-state index contributed by atoms with van der Waals surface area (Å²) in [5.41, 5.74) is 0. The number of sulfonamides is 1. The summed E-state index contributed by atoms with van der Waals surface area (Å²) < 4.78 is 27.5. The summed E-state index contributed by atoms with van der Waals surface area (Å²) in [6.07, 6.45) is 4.40. The van der Waals surface area contributed by atoms with Crippen LogP contribution in [-0.4, -0.2) is 40.3 Å². The molecule has 3 rings (SSSR count). The van der Waals surface area contributed by atoms with Crippen molar-refractivity contribution in [3.05, 3.63) is 11.6 Å². The van der Waals surface area contributed by atoms with E-state index in [-0.39, 0.29) is 6.04 Å². The second-order valence-corrected chi connectivity index (χ2v) is 8.28. The van der Waals surface area contributed by atoms with Gasteiger partial charge >= 0.3 is 0 Å². The Hall–Kier alpha value is -0.950. The van der Waals surface area contributed by atoms with Gasteiger partial charge in [0.15, 0.2) is 5.82 Å². The van der Waals surface area contributed by atoms with Crippen LogP contribution in [0.4, 0.5) is 0 Å². The smallest absolute Gasteiger partial charge is 0.211 e. The first-order valence-corrected chi connectivity index (χ1v) is 9.12. The predicted octanol–water partition coefficient (Wildman–Crippen LogP) is 1.52. The molecule has 1 aromatic rings. The van der Waals surface area contributed by atoms with E-state index in [2.05, 4.69) is 23.9 Å². The van der Waals surface area contributed by atoms with Gasteiger partial charge in [-0.25, -0.2) is 18.1 Å². The van der Waals surface area contributed by atoms with Gasteiger partial charge in [-0.15, -0.1) is 0 Å². The summed E-state index contributed by atoms with van der Waals surface area (Å²) in [4.78, 5) is 4.66. The Morgan fingerprint density at radius 2 is 2.00 bits per heavy atom. The maximum atomic E-state index is 12.0. The van der Waals surface area contributed by atoms with Gasteiger partial charge in [0.1, 0.15) is 5.82 Å². The number of rotatable bonds is 4. The highest BCUT2D eigenvalue weighted by atomic mass is 32.2. The average Bonchev–Trinajstić information content (AvgIpc) is 3.07. The molecule has 1 atom stereocenters. The van der Waals surface area contributed by atoms with E-state index in [1.807, 2.05) is 4.68 Å². The minimum absolute atomic E-state index is 0.168. The van der Waals surface area contributed by atoms with Crippen molar-refractivity contribution in [2.24, 2.45) is 5.92 Å². The summed E-state index contributed by atoms with van der Waals surface area (Å²) in [5.74, 6) is 2.65. The molecule has 0 unspecified atom stereocenters. The van der Waals surface area contributed by atoms with E-state index >= 15 is 0 Å². The summed E-state index contributed by atoms with van der Waals surface area (Å²) in [6, 6.07) is -0.168.